The van der Waals surface area contributed by atoms with Gasteiger partial charge in [0.25, 0.3) is 0 Å². The van der Waals surface area contributed by atoms with Crippen LogP contribution in [0.1, 0.15) is 49.4 Å². The molecule has 1 aromatic carbocycles. The number of carboxylic acid groups (broad SMARTS) is 1. The average Bonchev–Trinajstić information content (AvgIpc) is 2.92. The van der Waals surface area contributed by atoms with E-state index in [1.165, 1.54) is 24.3 Å². The van der Waals surface area contributed by atoms with E-state index >= 15 is 0 Å². The SMILES string of the molecule is CC(C)CC(=O)NC(C)c1onc(-c2ccc(F)cc2)c1C(=O)O. The van der Waals surface area contributed by atoms with Crippen LogP contribution in [0, 0.1) is 11.7 Å². The Morgan fingerprint density at radius 2 is 1.88 bits per heavy atom. The minimum Gasteiger partial charge on any atom is -0.477 e. The molecule has 1 amide bonds. The second-order valence-electron chi connectivity index (χ2n) is 5.97. The van der Waals surface area contributed by atoms with Crippen LogP contribution in [0.3, 0.4) is 0 Å². The van der Waals surface area contributed by atoms with Crippen LogP contribution in [0.15, 0.2) is 28.8 Å². The molecule has 1 aromatic heterocycles. The Kier molecular flexibility index (Phi) is 5.33. The van der Waals surface area contributed by atoms with E-state index in [0.29, 0.717) is 12.0 Å². The Morgan fingerprint density at radius 1 is 1.25 bits per heavy atom. The molecule has 0 aliphatic rings. The van der Waals surface area contributed by atoms with Crippen LogP contribution in [0.2, 0.25) is 0 Å². The van der Waals surface area contributed by atoms with Crippen molar-refractivity contribution in [1.82, 2.24) is 10.5 Å². The molecular formula is C17H19FN2O4. The molecule has 0 bridgehead atoms. The fourth-order valence-corrected chi connectivity index (χ4v) is 2.35. The highest BCUT2D eigenvalue weighted by atomic mass is 19.1. The molecule has 0 fully saturated rings. The van der Waals surface area contributed by atoms with Gasteiger partial charge in [0.05, 0.1) is 6.04 Å². The minimum atomic E-state index is -1.23. The molecule has 0 spiro atoms. The Labute approximate surface area is 138 Å². The Balaban J connectivity index is 2.33. The summed E-state index contributed by atoms with van der Waals surface area (Å²) < 4.78 is 18.2. The molecule has 6 nitrogen and oxygen atoms in total. The first kappa shape index (κ1) is 17.7. The van der Waals surface area contributed by atoms with E-state index in [2.05, 4.69) is 10.5 Å². The van der Waals surface area contributed by atoms with E-state index in [4.69, 9.17) is 4.52 Å². The molecule has 0 radical (unpaired) electrons. The predicted molar refractivity (Wildman–Crippen MR) is 84.9 cm³/mol. The summed E-state index contributed by atoms with van der Waals surface area (Å²) in [6.07, 6.45) is 0.325. The van der Waals surface area contributed by atoms with Crippen molar-refractivity contribution in [3.8, 4) is 11.3 Å². The van der Waals surface area contributed by atoms with E-state index < -0.39 is 17.8 Å². The summed E-state index contributed by atoms with van der Waals surface area (Å²) in [6.45, 7) is 5.45. The van der Waals surface area contributed by atoms with Crippen LogP contribution < -0.4 is 5.32 Å². The fourth-order valence-electron chi connectivity index (χ4n) is 2.35. The highest BCUT2D eigenvalue weighted by Gasteiger charge is 2.28. The summed E-state index contributed by atoms with van der Waals surface area (Å²) in [5, 5.41) is 16.0. The first-order valence-corrected chi connectivity index (χ1v) is 7.57. The summed E-state index contributed by atoms with van der Waals surface area (Å²) >= 11 is 0. The lowest BCUT2D eigenvalue weighted by Crippen LogP contribution is -2.28. The highest BCUT2D eigenvalue weighted by molar-refractivity contribution is 5.96. The van der Waals surface area contributed by atoms with Gasteiger partial charge in [-0.2, -0.15) is 0 Å². The normalized spacial score (nSPS) is 12.2. The molecule has 2 aromatic rings. The number of hydrogen-bond acceptors (Lipinski definition) is 4. The molecule has 0 aliphatic heterocycles. The van der Waals surface area contributed by atoms with Crippen molar-refractivity contribution in [1.29, 1.82) is 0 Å². The monoisotopic (exact) mass is 334 g/mol. The summed E-state index contributed by atoms with van der Waals surface area (Å²) in [6, 6.07) is 4.62. The molecule has 1 atom stereocenters. The van der Waals surface area contributed by atoms with Gasteiger partial charge in [-0.15, -0.1) is 0 Å². The number of rotatable bonds is 6. The van der Waals surface area contributed by atoms with Crippen LogP contribution in [0.5, 0.6) is 0 Å². The number of halogens is 1. The maximum Gasteiger partial charge on any atom is 0.341 e. The van der Waals surface area contributed by atoms with Gasteiger partial charge in [-0.1, -0.05) is 19.0 Å². The number of benzene rings is 1. The molecule has 0 saturated carbocycles. The summed E-state index contributed by atoms with van der Waals surface area (Å²) in [5.41, 5.74) is 0.380. The van der Waals surface area contributed by atoms with E-state index in [0.717, 1.165) is 0 Å². The number of nitrogens with zero attached hydrogens (tertiary/aromatic N) is 1. The Bertz CT molecular complexity index is 738. The molecule has 128 valence electrons. The van der Waals surface area contributed by atoms with Gasteiger partial charge in [0.1, 0.15) is 17.1 Å². The number of carboxylic acids is 1. The van der Waals surface area contributed by atoms with Crippen LogP contribution in [0.25, 0.3) is 11.3 Å². The van der Waals surface area contributed by atoms with Crippen molar-refractivity contribution in [3.63, 3.8) is 0 Å². The number of amides is 1. The smallest absolute Gasteiger partial charge is 0.341 e. The van der Waals surface area contributed by atoms with E-state index in [1.54, 1.807) is 6.92 Å². The molecule has 1 heterocycles. The molecule has 1 unspecified atom stereocenters. The fraction of sp³-hybridized carbons (Fsp3) is 0.353. The molecule has 24 heavy (non-hydrogen) atoms. The van der Waals surface area contributed by atoms with Gasteiger partial charge in [0.2, 0.25) is 5.91 Å². The third kappa shape index (κ3) is 3.98. The van der Waals surface area contributed by atoms with Gasteiger partial charge < -0.3 is 14.9 Å². The first-order chi connectivity index (χ1) is 11.3. The van der Waals surface area contributed by atoms with Gasteiger partial charge in [-0.05, 0) is 37.1 Å². The lowest BCUT2D eigenvalue weighted by Gasteiger charge is -2.13. The van der Waals surface area contributed by atoms with E-state index in [-0.39, 0.29) is 28.8 Å². The minimum absolute atomic E-state index is 0.0546. The Hall–Kier alpha value is -2.70. The quantitative estimate of drug-likeness (QED) is 0.844. The molecular weight excluding hydrogens is 315 g/mol. The first-order valence-electron chi connectivity index (χ1n) is 7.57. The maximum atomic E-state index is 13.0. The lowest BCUT2D eigenvalue weighted by molar-refractivity contribution is -0.122. The van der Waals surface area contributed by atoms with Gasteiger partial charge in [-0.25, -0.2) is 9.18 Å². The number of hydrogen-bond donors (Lipinski definition) is 2. The van der Waals surface area contributed by atoms with Crippen LogP contribution in [-0.4, -0.2) is 22.1 Å². The number of aromatic nitrogens is 1. The van der Waals surface area contributed by atoms with E-state index in [9.17, 15) is 19.1 Å². The number of aromatic carboxylic acids is 1. The Morgan fingerprint density at radius 3 is 2.42 bits per heavy atom. The molecule has 0 saturated heterocycles. The zero-order chi connectivity index (χ0) is 17.9. The van der Waals surface area contributed by atoms with Crippen molar-refractivity contribution < 1.29 is 23.6 Å². The molecule has 0 aliphatic carbocycles. The number of carbonyl (C=O) groups is 2. The lowest BCUT2D eigenvalue weighted by atomic mass is 10.0. The maximum absolute atomic E-state index is 13.0. The largest absolute Gasteiger partial charge is 0.477 e. The summed E-state index contributed by atoms with van der Waals surface area (Å²) in [5.74, 6) is -1.63. The van der Waals surface area contributed by atoms with Gasteiger partial charge in [-0.3, -0.25) is 4.79 Å². The van der Waals surface area contributed by atoms with Crippen molar-refractivity contribution in [2.75, 3.05) is 0 Å². The molecule has 2 N–H and O–H groups in total. The van der Waals surface area contributed by atoms with Crippen LogP contribution >= 0.6 is 0 Å². The molecule has 7 heteroatoms. The number of carbonyl (C=O) groups excluding carboxylic acids is 1. The number of nitrogens with one attached hydrogen (secondary N) is 1. The van der Waals surface area contributed by atoms with Gasteiger partial charge in [0, 0.05) is 12.0 Å². The third-order valence-corrected chi connectivity index (χ3v) is 3.41. The molecule has 2 rings (SSSR count). The second kappa shape index (κ2) is 7.25. The third-order valence-electron chi connectivity index (χ3n) is 3.41. The standard InChI is InChI=1S/C17H19FN2O4/c1-9(2)8-13(21)19-10(3)16-14(17(22)23)15(20-24-16)11-4-6-12(18)7-5-11/h4-7,9-10H,8H2,1-3H3,(H,19,21)(H,22,23). The van der Waals surface area contributed by atoms with Crippen molar-refractivity contribution in [2.24, 2.45) is 5.92 Å². The van der Waals surface area contributed by atoms with E-state index in [1.807, 2.05) is 13.8 Å². The van der Waals surface area contributed by atoms with Crippen LogP contribution in [-0.2, 0) is 4.79 Å². The van der Waals surface area contributed by atoms with Crippen LogP contribution in [0.4, 0.5) is 4.39 Å². The van der Waals surface area contributed by atoms with Crippen molar-refractivity contribution in [3.05, 3.63) is 41.4 Å². The topological polar surface area (TPSA) is 92.4 Å². The summed E-state index contributed by atoms with van der Waals surface area (Å²) in [4.78, 5) is 23.5. The van der Waals surface area contributed by atoms with Gasteiger partial charge >= 0.3 is 5.97 Å². The highest BCUT2D eigenvalue weighted by Crippen LogP contribution is 2.29. The second-order valence-corrected chi connectivity index (χ2v) is 5.97. The predicted octanol–water partition coefficient (Wildman–Crippen LogP) is 3.40. The zero-order valence-electron chi connectivity index (χ0n) is 13.7. The van der Waals surface area contributed by atoms with Crippen molar-refractivity contribution >= 4 is 11.9 Å². The summed E-state index contributed by atoms with van der Waals surface area (Å²) in [7, 11) is 0. The van der Waals surface area contributed by atoms with Crippen molar-refractivity contribution in [2.45, 2.75) is 33.2 Å². The van der Waals surface area contributed by atoms with Gasteiger partial charge in [0.15, 0.2) is 5.76 Å². The average molecular weight is 334 g/mol. The zero-order valence-corrected chi connectivity index (χ0v) is 13.7.